The van der Waals surface area contributed by atoms with Gasteiger partial charge >= 0.3 is 10.4 Å². The number of aromatic hydroxyl groups is 1. The first-order valence-electron chi connectivity index (χ1n) is 11.2. The van der Waals surface area contributed by atoms with Gasteiger partial charge < -0.3 is 15.7 Å². The van der Waals surface area contributed by atoms with Gasteiger partial charge in [-0.25, -0.2) is 12.6 Å². The van der Waals surface area contributed by atoms with E-state index in [1.165, 1.54) is 49.4 Å². The molecule has 0 unspecified atom stereocenters. The molecule has 0 fully saturated rings. The quantitative estimate of drug-likeness (QED) is 0.156. The Labute approximate surface area is 238 Å². The molecule has 15 nitrogen and oxygen atoms in total. The number of anilines is 4. The molecule has 1 aromatic heterocycles. The number of benzene rings is 3. The van der Waals surface area contributed by atoms with Crippen molar-refractivity contribution in [3.8, 4) is 5.75 Å². The van der Waals surface area contributed by atoms with Crippen molar-refractivity contribution in [3.63, 3.8) is 0 Å². The number of rotatable bonds is 10. The first-order valence-corrected chi connectivity index (χ1v) is 16.0. The number of sulfone groups is 1. The van der Waals surface area contributed by atoms with E-state index in [0.717, 1.165) is 0 Å². The number of hydrogen-bond donors (Lipinski definition) is 5. The Hall–Kier alpha value is -3.65. The number of fused-ring (bicyclic) bond motifs is 1. The van der Waals surface area contributed by atoms with E-state index in [9.17, 15) is 34.9 Å². The smallest absolute Gasteiger partial charge is 0.397 e. The number of phenolic OH excluding ortho intramolecular Hbond substituents is 1. The number of nitrogens with one attached hydrogen (secondary N) is 2. The van der Waals surface area contributed by atoms with Crippen molar-refractivity contribution in [2.45, 2.75) is 16.7 Å². The molecule has 0 aliphatic rings. The maximum Gasteiger partial charge on any atom is 0.397 e. The van der Waals surface area contributed by atoms with Crippen LogP contribution in [-0.2, 0) is 34.5 Å². The van der Waals surface area contributed by atoms with Gasteiger partial charge in [-0.05, 0) is 66.4 Å². The standard InChI is InChI=1S/C22H20ClN5O10S3/c1-12-18(40(32,33)34)10-13-9-15(5-6-17(13)19(12)29)25-22-27-20(23)26-21(28-22)24-14-3-2-4-16(11-14)39(30,31)8-7-38-41(35,36)37/h2-6,9-11,29H,7-8H2,1H3,(H,32,33,34)(H,35,36,37)(H2,24,25,26,27,28). The van der Waals surface area contributed by atoms with E-state index < -0.39 is 47.6 Å². The van der Waals surface area contributed by atoms with Crippen LogP contribution in [0.25, 0.3) is 10.8 Å². The molecular weight excluding hydrogens is 626 g/mol. The minimum absolute atomic E-state index is 0.0102. The third-order valence-corrected chi connectivity index (χ3v) is 8.78. The molecule has 0 atom stereocenters. The van der Waals surface area contributed by atoms with Crippen LogP contribution in [0, 0.1) is 6.92 Å². The van der Waals surface area contributed by atoms with Gasteiger partial charge in [-0.15, -0.1) is 0 Å². The first kappa shape index (κ1) is 30.3. The molecule has 0 saturated carbocycles. The Kier molecular flexibility index (Phi) is 8.37. The van der Waals surface area contributed by atoms with Crippen LogP contribution in [0.4, 0.5) is 23.3 Å². The molecule has 5 N–H and O–H groups in total. The Bertz CT molecular complexity index is 1990. The van der Waals surface area contributed by atoms with E-state index in [1.54, 1.807) is 6.07 Å². The summed E-state index contributed by atoms with van der Waals surface area (Å²) in [4.78, 5) is 11.5. The summed E-state index contributed by atoms with van der Waals surface area (Å²) in [6.45, 7) is 0.566. The van der Waals surface area contributed by atoms with E-state index in [2.05, 4.69) is 29.8 Å². The monoisotopic (exact) mass is 645 g/mol. The van der Waals surface area contributed by atoms with Gasteiger partial charge in [-0.3, -0.25) is 9.11 Å². The van der Waals surface area contributed by atoms with Gasteiger partial charge in [-0.1, -0.05) is 6.07 Å². The second-order valence-corrected chi connectivity index (χ2v) is 13.3. The number of halogens is 1. The second kappa shape index (κ2) is 11.3. The number of hydrogen-bond acceptors (Lipinski definition) is 13. The van der Waals surface area contributed by atoms with Crippen LogP contribution in [0.3, 0.4) is 0 Å². The van der Waals surface area contributed by atoms with Crippen molar-refractivity contribution in [2.75, 3.05) is 23.0 Å². The normalized spacial score (nSPS) is 12.4. The topological polar surface area (TPSA) is 235 Å². The molecule has 0 amide bonds. The van der Waals surface area contributed by atoms with Crippen LogP contribution in [0.15, 0.2) is 58.3 Å². The summed E-state index contributed by atoms with van der Waals surface area (Å²) < 4.78 is 92.0. The minimum Gasteiger partial charge on any atom is -0.507 e. The SMILES string of the molecule is Cc1c(S(=O)(=O)O)cc2cc(Nc3nc(Cl)nc(Nc4cccc(S(=O)(=O)CCOS(=O)(=O)O)c4)n3)ccc2c1O. The fourth-order valence-corrected chi connectivity index (χ4v) is 6.12. The fraction of sp³-hybridized carbons (Fsp3) is 0.136. The molecule has 1 heterocycles. The predicted octanol–water partition coefficient (Wildman–Crippen LogP) is 3.02. The molecule has 4 aromatic rings. The molecule has 0 saturated heterocycles. The summed E-state index contributed by atoms with van der Waals surface area (Å²) in [5, 5.41) is 16.4. The fourth-order valence-electron chi connectivity index (χ4n) is 3.67. The van der Waals surface area contributed by atoms with E-state index >= 15 is 0 Å². The van der Waals surface area contributed by atoms with Gasteiger partial charge in [0, 0.05) is 22.3 Å². The zero-order valence-electron chi connectivity index (χ0n) is 20.7. The number of nitrogens with zero attached hydrogens (tertiary/aromatic N) is 3. The van der Waals surface area contributed by atoms with Crippen LogP contribution in [0.5, 0.6) is 5.75 Å². The van der Waals surface area contributed by atoms with Gasteiger partial charge in [0.1, 0.15) is 10.6 Å². The molecule has 0 aliphatic carbocycles. The summed E-state index contributed by atoms with van der Waals surface area (Å²) >= 11 is 6.04. The van der Waals surface area contributed by atoms with E-state index in [1.807, 2.05) is 0 Å². The lowest BCUT2D eigenvalue weighted by molar-refractivity contribution is 0.284. The summed E-state index contributed by atoms with van der Waals surface area (Å²) in [6.07, 6.45) is 0. The number of aromatic nitrogens is 3. The molecule has 218 valence electrons. The highest BCUT2D eigenvalue weighted by molar-refractivity contribution is 7.91. The van der Waals surface area contributed by atoms with Crippen LogP contribution in [0.1, 0.15) is 5.56 Å². The summed E-state index contributed by atoms with van der Waals surface area (Å²) in [5.41, 5.74) is 0.573. The predicted molar refractivity (Wildman–Crippen MR) is 148 cm³/mol. The van der Waals surface area contributed by atoms with E-state index in [0.29, 0.717) is 11.1 Å². The molecular formula is C22H20ClN5O10S3. The van der Waals surface area contributed by atoms with Gasteiger partial charge in [0.25, 0.3) is 10.1 Å². The van der Waals surface area contributed by atoms with Crippen LogP contribution < -0.4 is 10.6 Å². The largest absolute Gasteiger partial charge is 0.507 e. The van der Waals surface area contributed by atoms with Crippen LogP contribution in [-0.4, -0.2) is 66.8 Å². The lowest BCUT2D eigenvalue weighted by atomic mass is 10.1. The molecule has 0 bridgehead atoms. The van der Waals surface area contributed by atoms with Crippen molar-refractivity contribution in [2.24, 2.45) is 0 Å². The molecule has 0 spiro atoms. The zero-order chi connectivity index (χ0) is 30.2. The average Bonchev–Trinajstić information content (AvgIpc) is 2.84. The molecule has 41 heavy (non-hydrogen) atoms. The Balaban J connectivity index is 1.58. The Morgan fingerprint density at radius 1 is 0.878 bits per heavy atom. The van der Waals surface area contributed by atoms with Gasteiger partial charge in [0.2, 0.25) is 17.2 Å². The highest BCUT2D eigenvalue weighted by Gasteiger charge is 2.20. The lowest BCUT2D eigenvalue weighted by Crippen LogP contribution is -2.15. The van der Waals surface area contributed by atoms with Crippen molar-refractivity contribution in [1.82, 2.24) is 15.0 Å². The number of phenols is 1. The minimum atomic E-state index is -4.79. The molecule has 0 aliphatic heterocycles. The molecule has 19 heteroatoms. The van der Waals surface area contributed by atoms with Gasteiger partial charge in [0.05, 0.1) is 17.3 Å². The van der Waals surface area contributed by atoms with Crippen LogP contribution in [0.2, 0.25) is 5.28 Å². The van der Waals surface area contributed by atoms with Crippen molar-refractivity contribution in [1.29, 1.82) is 0 Å². The van der Waals surface area contributed by atoms with Crippen molar-refractivity contribution >= 4 is 76.0 Å². The third-order valence-electron chi connectivity index (χ3n) is 5.49. The maximum atomic E-state index is 12.5. The average molecular weight is 646 g/mol. The van der Waals surface area contributed by atoms with E-state index in [-0.39, 0.29) is 44.5 Å². The molecule has 4 rings (SSSR count). The zero-order valence-corrected chi connectivity index (χ0v) is 23.9. The second-order valence-electron chi connectivity index (χ2n) is 8.36. The first-order chi connectivity index (χ1) is 19.0. The van der Waals surface area contributed by atoms with Gasteiger partial charge in [0.15, 0.2) is 9.84 Å². The highest BCUT2D eigenvalue weighted by atomic mass is 35.5. The molecule has 0 radical (unpaired) electrons. The van der Waals surface area contributed by atoms with E-state index in [4.69, 9.17) is 16.2 Å². The summed E-state index contributed by atoms with van der Waals surface area (Å²) in [7, 11) is -13.4. The van der Waals surface area contributed by atoms with Crippen LogP contribution >= 0.6 is 11.6 Å². The summed E-state index contributed by atoms with van der Waals surface area (Å²) in [5.74, 6) is -1.17. The Morgan fingerprint density at radius 3 is 2.12 bits per heavy atom. The Morgan fingerprint density at radius 2 is 1.51 bits per heavy atom. The van der Waals surface area contributed by atoms with Crippen molar-refractivity contribution < 1.29 is 43.6 Å². The maximum absolute atomic E-state index is 12.5. The summed E-state index contributed by atoms with van der Waals surface area (Å²) in [6, 6.07) is 11.2. The molecule has 3 aromatic carbocycles. The lowest BCUT2D eigenvalue weighted by Gasteiger charge is -2.12. The van der Waals surface area contributed by atoms with Crippen molar-refractivity contribution in [3.05, 3.63) is 59.4 Å². The van der Waals surface area contributed by atoms with Gasteiger partial charge in [-0.2, -0.15) is 31.8 Å². The third kappa shape index (κ3) is 7.55. The highest BCUT2D eigenvalue weighted by Crippen LogP contribution is 2.35.